The van der Waals surface area contributed by atoms with E-state index in [0.29, 0.717) is 15.7 Å². The van der Waals surface area contributed by atoms with Gasteiger partial charge in [-0.1, -0.05) is 32.9 Å². The summed E-state index contributed by atoms with van der Waals surface area (Å²) in [6.45, 7) is 6.24. The predicted molar refractivity (Wildman–Crippen MR) is 85.5 cm³/mol. The van der Waals surface area contributed by atoms with Gasteiger partial charge >= 0.3 is 0 Å². The van der Waals surface area contributed by atoms with Gasteiger partial charge in [0.2, 0.25) is 0 Å². The van der Waals surface area contributed by atoms with E-state index < -0.39 is 0 Å². The first-order valence-corrected chi connectivity index (χ1v) is 7.28. The zero-order valence-corrected chi connectivity index (χ0v) is 13.7. The van der Waals surface area contributed by atoms with Gasteiger partial charge in [-0.2, -0.15) is 10.5 Å². The molecule has 2 rings (SSSR count). The molecule has 1 aromatic heterocycles. The molecule has 0 unspecified atom stereocenters. The summed E-state index contributed by atoms with van der Waals surface area (Å²) in [6.07, 6.45) is 0. The monoisotopic (exact) mass is 339 g/mol. The molecule has 0 aliphatic rings. The fourth-order valence-corrected chi connectivity index (χ4v) is 2.45. The third-order valence-electron chi connectivity index (χ3n) is 3.18. The Morgan fingerprint density at radius 3 is 2.14 bits per heavy atom. The van der Waals surface area contributed by atoms with Gasteiger partial charge in [-0.25, -0.2) is 4.98 Å². The average molecular weight is 340 g/mol. The van der Waals surface area contributed by atoms with Crippen LogP contribution in [0.1, 0.15) is 37.6 Å². The normalized spacial score (nSPS) is 10.8. The predicted octanol–water partition coefficient (Wildman–Crippen LogP) is 4.55. The summed E-state index contributed by atoms with van der Waals surface area (Å²) in [6, 6.07) is 13.5. The first-order chi connectivity index (χ1) is 9.86. The van der Waals surface area contributed by atoms with Gasteiger partial charge in [-0.05, 0) is 39.7 Å². The number of pyridine rings is 1. The van der Waals surface area contributed by atoms with Gasteiger partial charge in [-0.3, -0.25) is 0 Å². The molecule has 1 aromatic carbocycles. The molecule has 104 valence electrons. The quantitative estimate of drug-likeness (QED) is 0.716. The van der Waals surface area contributed by atoms with E-state index in [1.54, 1.807) is 12.1 Å². The molecule has 0 atom stereocenters. The van der Waals surface area contributed by atoms with Crippen molar-refractivity contribution in [1.82, 2.24) is 4.98 Å². The summed E-state index contributed by atoms with van der Waals surface area (Å²) in [4.78, 5) is 4.48. The molecule has 0 spiro atoms. The zero-order chi connectivity index (χ0) is 15.6. The lowest BCUT2D eigenvalue weighted by molar-refractivity contribution is 0.567. The minimum atomic E-state index is -0.113. The van der Waals surface area contributed by atoms with Crippen LogP contribution in [0, 0.1) is 22.7 Å². The minimum Gasteiger partial charge on any atom is -0.244 e. The van der Waals surface area contributed by atoms with Crippen molar-refractivity contribution in [3.05, 3.63) is 51.8 Å². The van der Waals surface area contributed by atoms with Crippen molar-refractivity contribution in [1.29, 1.82) is 10.5 Å². The van der Waals surface area contributed by atoms with E-state index in [0.717, 1.165) is 16.8 Å². The van der Waals surface area contributed by atoms with Crippen LogP contribution in [0.25, 0.3) is 11.1 Å². The van der Waals surface area contributed by atoms with E-state index in [-0.39, 0.29) is 5.41 Å². The summed E-state index contributed by atoms with van der Waals surface area (Å²) < 4.78 is 0.553. The van der Waals surface area contributed by atoms with Gasteiger partial charge in [0.05, 0.1) is 17.2 Å². The van der Waals surface area contributed by atoms with Gasteiger partial charge in [0.1, 0.15) is 10.7 Å². The van der Waals surface area contributed by atoms with E-state index in [1.807, 2.05) is 18.2 Å². The van der Waals surface area contributed by atoms with Gasteiger partial charge in [0.25, 0.3) is 0 Å². The van der Waals surface area contributed by atoms with Crippen molar-refractivity contribution < 1.29 is 0 Å². The lowest BCUT2D eigenvalue weighted by Gasteiger charge is -2.20. The van der Waals surface area contributed by atoms with Gasteiger partial charge in [0, 0.05) is 16.7 Å². The van der Waals surface area contributed by atoms with Crippen LogP contribution in [-0.2, 0) is 5.41 Å². The Morgan fingerprint density at radius 2 is 1.67 bits per heavy atom. The molecule has 1 heterocycles. The Balaban J connectivity index is 2.68. The molecular formula is C17H14BrN3. The number of nitrogens with zero attached hydrogens (tertiary/aromatic N) is 3. The highest BCUT2D eigenvalue weighted by Gasteiger charge is 2.20. The van der Waals surface area contributed by atoms with Crippen LogP contribution in [0.3, 0.4) is 0 Å². The number of hydrogen-bond donors (Lipinski definition) is 0. The molecule has 0 radical (unpaired) electrons. The van der Waals surface area contributed by atoms with E-state index in [4.69, 9.17) is 5.26 Å². The summed E-state index contributed by atoms with van der Waals surface area (Å²) in [5.41, 5.74) is 3.63. The highest BCUT2D eigenvalue weighted by Crippen LogP contribution is 2.32. The molecule has 0 bridgehead atoms. The van der Waals surface area contributed by atoms with E-state index in [1.165, 1.54) is 0 Å². The molecule has 0 saturated carbocycles. The lowest BCUT2D eigenvalue weighted by Crippen LogP contribution is -2.14. The van der Waals surface area contributed by atoms with Crippen LogP contribution in [-0.4, -0.2) is 4.98 Å². The Bertz CT molecular complexity index is 757. The number of halogens is 1. The van der Waals surface area contributed by atoms with Crippen molar-refractivity contribution in [2.24, 2.45) is 0 Å². The van der Waals surface area contributed by atoms with Crippen LogP contribution >= 0.6 is 15.9 Å². The molecule has 21 heavy (non-hydrogen) atoms. The standard InChI is InChI=1S/C17H14BrN3/c1-17(2,3)15-8-13(14(10-20)16(18)21-15)12-6-4-11(9-19)5-7-12/h4-8H,1-3H3. The maximum atomic E-state index is 9.38. The summed E-state index contributed by atoms with van der Waals surface area (Å²) >= 11 is 3.39. The Hall–Kier alpha value is -2.17. The topological polar surface area (TPSA) is 60.5 Å². The second kappa shape index (κ2) is 5.68. The molecule has 0 aliphatic carbocycles. The highest BCUT2D eigenvalue weighted by molar-refractivity contribution is 9.10. The first kappa shape index (κ1) is 15.2. The molecule has 0 saturated heterocycles. The molecule has 0 N–H and O–H groups in total. The number of hydrogen-bond acceptors (Lipinski definition) is 3. The largest absolute Gasteiger partial charge is 0.244 e. The maximum Gasteiger partial charge on any atom is 0.124 e. The van der Waals surface area contributed by atoms with Crippen molar-refractivity contribution in [2.45, 2.75) is 26.2 Å². The second-order valence-electron chi connectivity index (χ2n) is 5.77. The summed E-state index contributed by atoms with van der Waals surface area (Å²) in [7, 11) is 0. The Kier molecular flexibility index (Phi) is 4.11. The van der Waals surface area contributed by atoms with Crippen molar-refractivity contribution in [3.63, 3.8) is 0 Å². The average Bonchev–Trinajstić information content (AvgIpc) is 2.45. The van der Waals surface area contributed by atoms with Crippen LogP contribution in [0.2, 0.25) is 0 Å². The molecule has 4 heteroatoms. The van der Waals surface area contributed by atoms with Gasteiger partial charge in [-0.15, -0.1) is 0 Å². The first-order valence-electron chi connectivity index (χ1n) is 6.48. The van der Waals surface area contributed by atoms with Crippen LogP contribution in [0.4, 0.5) is 0 Å². The zero-order valence-electron chi connectivity index (χ0n) is 12.1. The maximum absolute atomic E-state index is 9.38. The van der Waals surface area contributed by atoms with E-state index in [2.05, 4.69) is 53.8 Å². The number of benzene rings is 1. The fourth-order valence-electron chi connectivity index (χ4n) is 1.96. The SMILES string of the molecule is CC(C)(C)c1cc(-c2ccc(C#N)cc2)c(C#N)c(Br)n1. The Morgan fingerprint density at radius 1 is 1.05 bits per heavy atom. The van der Waals surface area contributed by atoms with E-state index >= 15 is 0 Å². The molecule has 0 aliphatic heterocycles. The smallest absolute Gasteiger partial charge is 0.124 e. The van der Waals surface area contributed by atoms with Gasteiger partial charge < -0.3 is 0 Å². The van der Waals surface area contributed by atoms with Gasteiger partial charge in [0.15, 0.2) is 0 Å². The number of nitriles is 2. The van der Waals surface area contributed by atoms with Crippen LogP contribution in [0.15, 0.2) is 34.9 Å². The second-order valence-corrected chi connectivity index (χ2v) is 6.52. The highest BCUT2D eigenvalue weighted by atomic mass is 79.9. The third kappa shape index (κ3) is 3.12. The molecule has 3 nitrogen and oxygen atoms in total. The fraction of sp³-hybridized carbons (Fsp3) is 0.235. The molecule has 0 fully saturated rings. The molecule has 0 amide bonds. The van der Waals surface area contributed by atoms with Crippen molar-refractivity contribution in [2.75, 3.05) is 0 Å². The van der Waals surface area contributed by atoms with Crippen molar-refractivity contribution >= 4 is 15.9 Å². The number of rotatable bonds is 1. The summed E-state index contributed by atoms with van der Waals surface area (Å²) in [5.74, 6) is 0. The van der Waals surface area contributed by atoms with Crippen LogP contribution < -0.4 is 0 Å². The molecule has 2 aromatic rings. The minimum absolute atomic E-state index is 0.113. The van der Waals surface area contributed by atoms with Crippen molar-refractivity contribution in [3.8, 4) is 23.3 Å². The van der Waals surface area contributed by atoms with E-state index in [9.17, 15) is 5.26 Å². The Labute approximate surface area is 133 Å². The summed E-state index contributed by atoms with van der Waals surface area (Å²) in [5, 5.41) is 18.3. The van der Waals surface area contributed by atoms with Crippen LogP contribution in [0.5, 0.6) is 0 Å². The number of aromatic nitrogens is 1. The lowest BCUT2D eigenvalue weighted by atomic mass is 9.89. The third-order valence-corrected chi connectivity index (χ3v) is 3.75. The molecular weight excluding hydrogens is 326 g/mol.